The summed E-state index contributed by atoms with van der Waals surface area (Å²) in [7, 11) is 0. The van der Waals surface area contributed by atoms with Gasteiger partial charge in [0.25, 0.3) is 0 Å². The van der Waals surface area contributed by atoms with Gasteiger partial charge in [-0.25, -0.2) is 0 Å². The van der Waals surface area contributed by atoms with Crippen molar-refractivity contribution in [1.29, 1.82) is 0 Å². The van der Waals surface area contributed by atoms with Gasteiger partial charge in [0.1, 0.15) is 79.4 Å². The van der Waals surface area contributed by atoms with Crippen LogP contribution in [0.1, 0.15) is 83.7 Å². The lowest BCUT2D eigenvalue weighted by Gasteiger charge is -2.45. The molecule has 24 heteroatoms. The summed E-state index contributed by atoms with van der Waals surface area (Å²) in [6.45, 7) is 6.97. The molecule has 2 fully saturated rings. The molecule has 86 heavy (non-hydrogen) atoms. The van der Waals surface area contributed by atoms with Gasteiger partial charge in [-0.2, -0.15) is 0 Å². The van der Waals surface area contributed by atoms with Crippen LogP contribution < -0.4 is 24.4 Å². The van der Waals surface area contributed by atoms with Crippen molar-refractivity contribution in [1.82, 2.24) is 0 Å². The van der Waals surface area contributed by atoms with E-state index < -0.39 is 128 Å². The number of carbonyl (C=O) groups is 8. The molecule has 0 aliphatic carbocycles. The predicted octanol–water partition coefficient (Wildman–Crippen LogP) is 6.94. The number of carbonyl (C=O) groups excluding carboxylic acids is 8. The van der Waals surface area contributed by atoms with Crippen LogP contribution in [-0.4, -0.2) is 116 Å². The van der Waals surface area contributed by atoms with E-state index in [0.29, 0.717) is 16.7 Å². The molecule has 0 saturated carbocycles. The summed E-state index contributed by atoms with van der Waals surface area (Å²) < 4.78 is 91.4. The third kappa shape index (κ3) is 15.8. The van der Waals surface area contributed by atoms with Gasteiger partial charge in [-0.3, -0.25) is 43.2 Å². The van der Waals surface area contributed by atoms with Gasteiger partial charge in [0.15, 0.2) is 42.0 Å². The van der Waals surface area contributed by atoms with E-state index in [0.717, 1.165) is 55.4 Å². The molecule has 6 aromatic rings. The van der Waals surface area contributed by atoms with Crippen molar-refractivity contribution in [3.8, 4) is 23.0 Å². The minimum absolute atomic E-state index is 0.0861. The summed E-state index contributed by atoms with van der Waals surface area (Å²) in [5.41, 5.74) is 0.747. The quantitative estimate of drug-likeness (QED) is 0.0377. The zero-order valence-corrected chi connectivity index (χ0v) is 48.0. The van der Waals surface area contributed by atoms with Gasteiger partial charge in [-0.15, -0.1) is 0 Å². The van der Waals surface area contributed by atoms with E-state index in [1.165, 1.54) is 18.2 Å². The highest BCUT2D eigenvalue weighted by Crippen LogP contribution is 2.49. The minimum Gasteiger partial charge on any atom is -0.488 e. The zero-order valence-electron chi connectivity index (χ0n) is 48.0. The Morgan fingerprint density at radius 1 is 0.419 bits per heavy atom. The molecule has 10 atom stereocenters. The maximum atomic E-state index is 16.0. The van der Waals surface area contributed by atoms with Gasteiger partial charge >= 0.3 is 47.8 Å². The van der Waals surface area contributed by atoms with Crippen molar-refractivity contribution < 1.29 is 109 Å². The molecule has 0 N–H and O–H groups in total. The SMILES string of the molecule is CC(=O)OC[C@H]1O[C@@H](c2c(OCc3ccccc3)cc3oc4cc(OCc5ccccc5)c(O[C@@H]5O[C@H](COC(C)=O)[C@@H](OC(C)=O)[C@H](OC(C)=O)[C@H]5OC(C)=O)cc4c(=O)c3c2OCc2ccccc2)[C@H](OC(C)=O)[C@@H](OC(C)=O)[C@@H]1OC(C)=O. The third-order valence-corrected chi connectivity index (χ3v) is 13.2. The molecule has 454 valence electrons. The molecular weight excluding hydrogens is 1130 g/mol. The van der Waals surface area contributed by atoms with Crippen LogP contribution in [0, 0.1) is 0 Å². The first-order chi connectivity index (χ1) is 41.1. The molecule has 0 unspecified atom stereocenters. The predicted molar refractivity (Wildman–Crippen MR) is 296 cm³/mol. The summed E-state index contributed by atoms with van der Waals surface area (Å²) in [5, 5.41) is -0.500. The van der Waals surface area contributed by atoms with Crippen LogP contribution in [0.3, 0.4) is 0 Å². The van der Waals surface area contributed by atoms with Crippen LogP contribution in [0.2, 0.25) is 0 Å². The van der Waals surface area contributed by atoms with Crippen molar-refractivity contribution in [3.63, 3.8) is 0 Å². The molecule has 5 aromatic carbocycles. The molecule has 8 rings (SSSR count). The average molecular weight is 1190 g/mol. The molecule has 0 spiro atoms. The Morgan fingerprint density at radius 2 is 0.826 bits per heavy atom. The Morgan fingerprint density at radius 3 is 1.30 bits per heavy atom. The average Bonchev–Trinajstić information content (AvgIpc) is 0.773. The third-order valence-electron chi connectivity index (χ3n) is 13.2. The molecule has 2 aliphatic rings. The second-order valence-electron chi connectivity index (χ2n) is 19.8. The fourth-order valence-corrected chi connectivity index (χ4v) is 9.79. The number of hydrogen-bond donors (Lipinski definition) is 0. The lowest BCUT2D eigenvalue weighted by Crippen LogP contribution is -2.63. The summed E-state index contributed by atoms with van der Waals surface area (Å²) in [4.78, 5) is 118. The summed E-state index contributed by atoms with van der Waals surface area (Å²) in [6.07, 6.45) is -16.3. The fourth-order valence-electron chi connectivity index (χ4n) is 9.79. The molecule has 24 nitrogen and oxygen atoms in total. The van der Waals surface area contributed by atoms with E-state index in [4.69, 9.17) is 70.7 Å². The summed E-state index contributed by atoms with van der Waals surface area (Å²) in [6, 6.07) is 30.6. The van der Waals surface area contributed by atoms with Crippen LogP contribution in [-0.2, 0) is 106 Å². The highest BCUT2D eigenvalue weighted by molar-refractivity contribution is 5.96. The molecule has 0 radical (unpaired) electrons. The van der Waals surface area contributed by atoms with Crippen LogP contribution >= 0.6 is 0 Å². The maximum absolute atomic E-state index is 16.0. The Hall–Kier alpha value is -9.55. The van der Waals surface area contributed by atoms with Crippen molar-refractivity contribution >= 4 is 69.7 Å². The van der Waals surface area contributed by atoms with E-state index in [2.05, 4.69) is 0 Å². The Bertz CT molecular complexity index is 3510. The van der Waals surface area contributed by atoms with Gasteiger partial charge in [0, 0.05) is 67.5 Å². The van der Waals surface area contributed by atoms with E-state index in [9.17, 15) is 38.4 Å². The Balaban J connectivity index is 1.41. The zero-order chi connectivity index (χ0) is 61.8. The summed E-state index contributed by atoms with van der Waals surface area (Å²) in [5.74, 6) is -7.63. The second kappa shape index (κ2) is 28.4. The first-order valence-electron chi connectivity index (χ1n) is 27.0. The van der Waals surface area contributed by atoms with Crippen LogP contribution in [0.5, 0.6) is 23.0 Å². The lowest BCUT2D eigenvalue weighted by atomic mass is 9.88. The van der Waals surface area contributed by atoms with Gasteiger partial charge in [0.2, 0.25) is 17.8 Å². The first-order valence-corrected chi connectivity index (χ1v) is 27.0. The monoisotopic (exact) mass is 1190 g/mol. The molecular formula is C62H62O24. The number of ether oxygens (including phenoxy) is 14. The largest absolute Gasteiger partial charge is 0.488 e. The summed E-state index contributed by atoms with van der Waals surface area (Å²) >= 11 is 0. The van der Waals surface area contributed by atoms with Crippen molar-refractivity contribution in [2.24, 2.45) is 0 Å². The topological polar surface area (TPSA) is 296 Å². The molecule has 0 amide bonds. The van der Waals surface area contributed by atoms with E-state index in [1.807, 2.05) is 0 Å². The lowest BCUT2D eigenvalue weighted by molar-refractivity contribution is -0.288. The van der Waals surface area contributed by atoms with Gasteiger partial charge in [-0.1, -0.05) is 91.0 Å². The van der Waals surface area contributed by atoms with Crippen molar-refractivity contribution in [2.45, 2.75) is 136 Å². The van der Waals surface area contributed by atoms with Crippen LogP contribution in [0.4, 0.5) is 0 Å². The van der Waals surface area contributed by atoms with E-state index in [-0.39, 0.29) is 70.3 Å². The highest BCUT2D eigenvalue weighted by atomic mass is 16.7. The highest BCUT2D eigenvalue weighted by Gasteiger charge is 2.56. The Kier molecular flexibility index (Phi) is 20.6. The second-order valence-corrected chi connectivity index (χ2v) is 19.8. The standard InChI is InChI=1S/C62H62O24/c1-32(63)72-30-49-54(77-34(3)65)58(79-36(5)67)60(81-38(7)69)57(84-49)52-47(75-28-41-20-14-10-15-21-41)26-48-51(56(52)76-29-42-22-16-11-17-23-42)53(71)43-24-46(45(25-44(43)83-48)74-27-40-18-12-9-13-19-40)85-62-61(82-39(8)70)59(80-37(6)68)55(78-35(4)66)50(86-62)31-73-33(2)64/h9-26,49-50,54-55,57-62H,27-31H2,1-8H3/t49-,50-,54-,55-,57+,58+,59+,60+,61-,62-/m1/s1. The number of benzene rings is 5. The molecule has 2 aliphatic heterocycles. The van der Waals surface area contributed by atoms with E-state index >= 15 is 4.79 Å². The van der Waals surface area contributed by atoms with Gasteiger partial charge in [0.05, 0.1) is 10.9 Å². The number of esters is 8. The van der Waals surface area contributed by atoms with Crippen LogP contribution in [0.15, 0.2) is 118 Å². The van der Waals surface area contributed by atoms with Crippen molar-refractivity contribution in [3.05, 3.63) is 142 Å². The Labute approximate surface area is 491 Å². The number of hydrogen-bond acceptors (Lipinski definition) is 24. The number of fused-ring (bicyclic) bond motifs is 2. The number of rotatable bonds is 22. The molecule has 0 bridgehead atoms. The smallest absolute Gasteiger partial charge is 0.303 e. The van der Waals surface area contributed by atoms with E-state index in [1.54, 1.807) is 91.0 Å². The van der Waals surface area contributed by atoms with Crippen LogP contribution in [0.25, 0.3) is 21.9 Å². The van der Waals surface area contributed by atoms with Crippen molar-refractivity contribution in [2.75, 3.05) is 13.2 Å². The fraction of sp³-hybridized carbons (Fsp3) is 0.371. The molecule has 3 heterocycles. The van der Waals surface area contributed by atoms with Gasteiger partial charge in [-0.05, 0) is 22.8 Å². The molecule has 2 saturated heterocycles. The molecule has 1 aromatic heterocycles. The normalized spacial score (nSPS) is 21.6. The first kappa shape index (κ1) is 62.5. The minimum atomic E-state index is -1.82. The van der Waals surface area contributed by atoms with Gasteiger partial charge < -0.3 is 70.7 Å². The maximum Gasteiger partial charge on any atom is 0.303 e.